The number of nitrogens with one attached hydrogen (secondary N) is 1. The maximum absolute atomic E-state index is 4.38. The summed E-state index contributed by atoms with van der Waals surface area (Å²) < 4.78 is 2.31. The zero-order chi connectivity index (χ0) is 28.8. The zero-order valence-electron chi connectivity index (χ0n) is 23.8. The second-order valence-corrected chi connectivity index (χ2v) is 11.0. The molecule has 3 heteroatoms. The highest BCUT2D eigenvalue weighted by Gasteiger charge is 2.16. The molecular formula is C40H29N3. The normalized spacial score (nSPS) is 11.4. The summed E-state index contributed by atoms with van der Waals surface area (Å²) >= 11 is 0. The molecule has 0 aliphatic heterocycles. The number of aromatic amines is 1. The third-order valence-corrected chi connectivity index (χ3v) is 8.35. The van der Waals surface area contributed by atoms with Crippen LogP contribution in [0.25, 0.3) is 71.2 Å². The van der Waals surface area contributed by atoms with Crippen molar-refractivity contribution in [3.63, 3.8) is 0 Å². The number of para-hydroxylation sites is 2. The van der Waals surface area contributed by atoms with Crippen molar-refractivity contribution < 1.29 is 0 Å². The van der Waals surface area contributed by atoms with Crippen LogP contribution in [0.1, 0.15) is 5.56 Å². The van der Waals surface area contributed by atoms with Crippen LogP contribution in [-0.2, 0) is 0 Å². The van der Waals surface area contributed by atoms with Crippen LogP contribution in [0.5, 0.6) is 0 Å². The van der Waals surface area contributed by atoms with Gasteiger partial charge in [0, 0.05) is 38.6 Å². The predicted octanol–water partition coefficient (Wildman–Crippen LogP) is 10.6. The first-order valence-corrected chi connectivity index (χ1v) is 14.6. The number of pyridine rings is 1. The summed E-state index contributed by atoms with van der Waals surface area (Å²) in [6.07, 6.45) is 3.75. The molecule has 9 rings (SSSR count). The molecule has 0 spiro atoms. The molecule has 0 radical (unpaired) electrons. The Labute approximate surface area is 249 Å². The molecule has 0 fully saturated rings. The van der Waals surface area contributed by atoms with Crippen molar-refractivity contribution in [2.24, 2.45) is 0 Å². The monoisotopic (exact) mass is 551 g/mol. The minimum Gasteiger partial charge on any atom is -0.354 e. The smallest absolute Gasteiger partial charge is 0.0645 e. The Kier molecular flexibility index (Phi) is 6.01. The Hall–Kier alpha value is -5.67. The fraction of sp³-hybridized carbons (Fsp3) is 0.0250. The van der Waals surface area contributed by atoms with Crippen molar-refractivity contribution in [1.82, 2.24) is 14.5 Å². The predicted molar refractivity (Wildman–Crippen MR) is 182 cm³/mol. The van der Waals surface area contributed by atoms with Crippen LogP contribution in [0.15, 0.2) is 152 Å². The lowest BCUT2D eigenvalue weighted by Crippen LogP contribution is -1.93. The van der Waals surface area contributed by atoms with E-state index in [2.05, 4.69) is 137 Å². The number of aromatic nitrogens is 3. The van der Waals surface area contributed by atoms with Crippen LogP contribution in [0.3, 0.4) is 0 Å². The summed E-state index contributed by atoms with van der Waals surface area (Å²) in [6, 6.07) is 49.5. The Morgan fingerprint density at radius 1 is 0.535 bits per heavy atom. The van der Waals surface area contributed by atoms with Crippen LogP contribution in [0.4, 0.5) is 0 Å². The third-order valence-electron chi connectivity index (χ3n) is 8.35. The molecular weight excluding hydrogens is 522 g/mol. The molecule has 6 aromatic carbocycles. The lowest BCUT2D eigenvalue weighted by atomic mass is 9.94. The first kappa shape index (κ1) is 25.1. The number of hydrogen-bond donors (Lipinski definition) is 1. The molecule has 0 bridgehead atoms. The van der Waals surface area contributed by atoms with E-state index in [9.17, 15) is 0 Å². The van der Waals surface area contributed by atoms with Gasteiger partial charge in [0.05, 0.1) is 28.4 Å². The van der Waals surface area contributed by atoms with E-state index in [0.29, 0.717) is 0 Å². The molecule has 0 amide bonds. The van der Waals surface area contributed by atoms with Gasteiger partial charge in [0.1, 0.15) is 0 Å². The van der Waals surface area contributed by atoms with E-state index in [4.69, 9.17) is 0 Å². The molecule has 0 atom stereocenters. The number of H-pyrrole nitrogens is 1. The molecule has 0 aliphatic carbocycles. The Bertz CT molecular complexity index is 2400. The maximum atomic E-state index is 4.38. The number of aryl methyl sites for hydroxylation is 1. The number of benzene rings is 6. The van der Waals surface area contributed by atoms with Gasteiger partial charge in [0.15, 0.2) is 0 Å². The Morgan fingerprint density at radius 2 is 1.23 bits per heavy atom. The highest BCUT2D eigenvalue weighted by Crippen LogP contribution is 2.40. The summed E-state index contributed by atoms with van der Waals surface area (Å²) in [5.74, 6) is 0. The van der Waals surface area contributed by atoms with Crippen molar-refractivity contribution in [2.45, 2.75) is 6.92 Å². The highest BCUT2D eigenvalue weighted by atomic mass is 15.0. The SMILES string of the molecule is Cc1ccccc1.c1cncc(-n2c3ccccc3c3cc(-c4cc5c6ccccc6[nH]c5c5ccccc45)ccc32)c1. The summed E-state index contributed by atoms with van der Waals surface area (Å²) in [6.45, 7) is 2.08. The summed E-state index contributed by atoms with van der Waals surface area (Å²) in [4.78, 5) is 8.04. The molecule has 0 aliphatic rings. The minimum absolute atomic E-state index is 1.07. The van der Waals surface area contributed by atoms with Crippen LogP contribution >= 0.6 is 0 Å². The summed E-state index contributed by atoms with van der Waals surface area (Å²) in [7, 11) is 0. The van der Waals surface area contributed by atoms with Crippen molar-refractivity contribution in [3.8, 4) is 16.8 Å². The number of rotatable bonds is 2. The van der Waals surface area contributed by atoms with E-state index < -0.39 is 0 Å². The van der Waals surface area contributed by atoms with Gasteiger partial charge in [0.25, 0.3) is 0 Å². The van der Waals surface area contributed by atoms with Crippen molar-refractivity contribution in [2.75, 3.05) is 0 Å². The van der Waals surface area contributed by atoms with Crippen LogP contribution < -0.4 is 0 Å². The van der Waals surface area contributed by atoms with Gasteiger partial charge in [-0.3, -0.25) is 4.98 Å². The lowest BCUT2D eigenvalue weighted by Gasteiger charge is -2.10. The lowest BCUT2D eigenvalue weighted by molar-refractivity contribution is 1.14. The van der Waals surface area contributed by atoms with Gasteiger partial charge in [-0.05, 0) is 65.9 Å². The zero-order valence-corrected chi connectivity index (χ0v) is 23.8. The topological polar surface area (TPSA) is 33.6 Å². The molecule has 3 aromatic heterocycles. The quantitative estimate of drug-likeness (QED) is 0.228. The molecule has 1 N–H and O–H groups in total. The largest absolute Gasteiger partial charge is 0.354 e. The van der Waals surface area contributed by atoms with E-state index in [1.165, 1.54) is 71.1 Å². The Balaban J connectivity index is 0.000000352. The average Bonchev–Trinajstić information content (AvgIpc) is 3.61. The van der Waals surface area contributed by atoms with E-state index in [0.717, 1.165) is 5.69 Å². The molecule has 0 saturated heterocycles. The van der Waals surface area contributed by atoms with Crippen LogP contribution in [-0.4, -0.2) is 14.5 Å². The molecule has 9 aromatic rings. The van der Waals surface area contributed by atoms with Gasteiger partial charge in [-0.25, -0.2) is 0 Å². The highest BCUT2D eigenvalue weighted by molar-refractivity contribution is 6.21. The first-order chi connectivity index (χ1) is 21.3. The van der Waals surface area contributed by atoms with Gasteiger partial charge < -0.3 is 9.55 Å². The number of hydrogen-bond acceptors (Lipinski definition) is 1. The van der Waals surface area contributed by atoms with Gasteiger partial charge >= 0.3 is 0 Å². The van der Waals surface area contributed by atoms with Crippen molar-refractivity contribution in [1.29, 1.82) is 0 Å². The van der Waals surface area contributed by atoms with Gasteiger partial charge in [0.2, 0.25) is 0 Å². The second kappa shape index (κ2) is 10.3. The third kappa shape index (κ3) is 4.25. The van der Waals surface area contributed by atoms with Gasteiger partial charge in [-0.1, -0.05) is 103 Å². The Morgan fingerprint density at radius 3 is 2.00 bits per heavy atom. The first-order valence-electron chi connectivity index (χ1n) is 14.6. The number of nitrogens with zero attached hydrogens (tertiary/aromatic N) is 2. The van der Waals surface area contributed by atoms with E-state index in [1.54, 1.807) is 0 Å². The van der Waals surface area contributed by atoms with Crippen molar-refractivity contribution >= 4 is 54.4 Å². The standard InChI is InChI=1S/C33H21N3.C7H8/c1-2-12-26-23(9-1)27(19-29-24-10-3-5-13-30(24)35-33(26)29)21-15-16-32-28(18-21)25-11-4-6-14-31(25)36(32)22-8-7-17-34-20-22;1-7-5-3-2-4-6-7/h1-20,35H;2-6H,1H3. The summed E-state index contributed by atoms with van der Waals surface area (Å²) in [5.41, 5.74) is 9.61. The molecule has 0 saturated carbocycles. The molecule has 3 heterocycles. The number of fused-ring (bicyclic) bond motifs is 8. The molecule has 3 nitrogen and oxygen atoms in total. The fourth-order valence-electron chi connectivity index (χ4n) is 6.36. The fourth-order valence-corrected chi connectivity index (χ4v) is 6.36. The maximum Gasteiger partial charge on any atom is 0.0645 e. The second-order valence-electron chi connectivity index (χ2n) is 11.0. The van der Waals surface area contributed by atoms with Crippen LogP contribution in [0, 0.1) is 6.92 Å². The molecule has 0 unspecified atom stereocenters. The van der Waals surface area contributed by atoms with E-state index >= 15 is 0 Å². The average molecular weight is 552 g/mol. The molecule has 43 heavy (non-hydrogen) atoms. The summed E-state index contributed by atoms with van der Waals surface area (Å²) in [5, 5.41) is 7.52. The van der Waals surface area contributed by atoms with E-state index in [1.807, 2.05) is 36.7 Å². The van der Waals surface area contributed by atoms with E-state index in [-0.39, 0.29) is 0 Å². The molecule has 204 valence electrons. The van der Waals surface area contributed by atoms with Gasteiger partial charge in [-0.2, -0.15) is 0 Å². The van der Waals surface area contributed by atoms with Crippen molar-refractivity contribution in [3.05, 3.63) is 157 Å². The van der Waals surface area contributed by atoms with Crippen LogP contribution in [0.2, 0.25) is 0 Å². The minimum atomic E-state index is 1.07. The van der Waals surface area contributed by atoms with Gasteiger partial charge in [-0.15, -0.1) is 0 Å².